The van der Waals surface area contributed by atoms with Crippen LogP contribution in [-0.4, -0.2) is 9.55 Å². The number of halogens is 1. The predicted octanol–water partition coefficient (Wildman–Crippen LogP) is 2.41. The Labute approximate surface area is 94.7 Å². The lowest BCUT2D eigenvalue weighted by molar-refractivity contribution is 0.582. The summed E-state index contributed by atoms with van der Waals surface area (Å²) in [5.41, 5.74) is 6.06. The molecule has 0 aliphatic heterocycles. The third kappa shape index (κ3) is 2.05. The Morgan fingerprint density at radius 3 is 3.07 bits per heavy atom. The summed E-state index contributed by atoms with van der Waals surface area (Å²) in [7, 11) is 0. The van der Waals surface area contributed by atoms with Crippen LogP contribution in [0.25, 0.3) is 0 Å². The number of aromatic nitrogens is 2. The van der Waals surface area contributed by atoms with E-state index in [0.717, 1.165) is 11.0 Å². The van der Waals surface area contributed by atoms with Gasteiger partial charge in [-0.1, -0.05) is 0 Å². The van der Waals surface area contributed by atoms with Crippen molar-refractivity contribution in [2.75, 3.05) is 0 Å². The van der Waals surface area contributed by atoms with Gasteiger partial charge in [-0.2, -0.15) is 0 Å². The maximum absolute atomic E-state index is 6.06. The van der Waals surface area contributed by atoms with Gasteiger partial charge in [-0.15, -0.1) is 11.3 Å². The molecule has 2 aromatic heterocycles. The van der Waals surface area contributed by atoms with Crippen LogP contribution in [0.15, 0.2) is 34.6 Å². The minimum absolute atomic E-state index is 0.0265. The number of thiophene rings is 1. The highest BCUT2D eigenvalue weighted by molar-refractivity contribution is 9.10. The summed E-state index contributed by atoms with van der Waals surface area (Å²) in [5.74, 6) is 0. The van der Waals surface area contributed by atoms with Crippen molar-refractivity contribution in [1.82, 2.24) is 9.55 Å². The van der Waals surface area contributed by atoms with Crippen molar-refractivity contribution in [1.29, 1.82) is 0 Å². The predicted molar refractivity (Wildman–Crippen MR) is 61.2 cm³/mol. The molecule has 0 aliphatic carbocycles. The average Bonchev–Trinajstić information content (AvgIpc) is 2.75. The summed E-state index contributed by atoms with van der Waals surface area (Å²) in [5, 5.41) is 2.03. The molecule has 2 rings (SSSR count). The summed E-state index contributed by atoms with van der Waals surface area (Å²) in [6, 6.07) is 2.05. The largest absolute Gasteiger partial charge is 0.336 e. The van der Waals surface area contributed by atoms with E-state index in [0.29, 0.717) is 0 Å². The molecule has 0 fully saturated rings. The van der Waals surface area contributed by atoms with E-state index < -0.39 is 0 Å². The Balaban J connectivity index is 2.10. The Morgan fingerprint density at radius 1 is 1.64 bits per heavy atom. The first kappa shape index (κ1) is 9.89. The van der Waals surface area contributed by atoms with Crippen LogP contribution in [0.5, 0.6) is 0 Å². The molecule has 1 atom stereocenters. The average molecular weight is 272 g/mol. The van der Waals surface area contributed by atoms with Gasteiger partial charge in [0.05, 0.1) is 12.4 Å². The standard InChI is InChI=1S/C9H10BrN3S/c10-7-1-4-14-9(7)8(11)5-13-3-2-12-6-13/h1-4,6,8H,5,11H2. The van der Waals surface area contributed by atoms with Crippen LogP contribution in [0, 0.1) is 0 Å². The molecule has 0 amide bonds. The monoisotopic (exact) mass is 271 g/mol. The fourth-order valence-corrected chi connectivity index (χ4v) is 2.94. The number of rotatable bonds is 3. The van der Waals surface area contributed by atoms with E-state index in [1.54, 1.807) is 23.9 Å². The lowest BCUT2D eigenvalue weighted by Gasteiger charge is -2.10. The normalized spacial score (nSPS) is 13.0. The van der Waals surface area contributed by atoms with Crippen LogP contribution >= 0.6 is 27.3 Å². The lowest BCUT2D eigenvalue weighted by atomic mass is 10.2. The van der Waals surface area contributed by atoms with E-state index in [4.69, 9.17) is 5.73 Å². The molecule has 2 aromatic rings. The first-order chi connectivity index (χ1) is 6.77. The topological polar surface area (TPSA) is 43.8 Å². The molecular weight excluding hydrogens is 262 g/mol. The summed E-state index contributed by atoms with van der Waals surface area (Å²) in [6.45, 7) is 0.763. The molecule has 3 nitrogen and oxygen atoms in total. The molecule has 0 aliphatic rings. The fraction of sp³-hybridized carbons (Fsp3) is 0.222. The molecular formula is C9H10BrN3S. The van der Waals surface area contributed by atoms with Gasteiger partial charge in [0.1, 0.15) is 0 Å². The van der Waals surface area contributed by atoms with Crippen LogP contribution in [-0.2, 0) is 6.54 Å². The molecule has 0 aromatic carbocycles. The van der Waals surface area contributed by atoms with Gasteiger partial charge < -0.3 is 10.3 Å². The number of nitrogens with zero attached hydrogens (tertiary/aromatic N) is 2. The van der Waals surface area contributed by atoms with Gasteiger partial charge in [0.25, 0.3) is 0 Å². The van der Waals surface area contributed by atoms with E-state index in [1.807, 2.05) is 22.2 Å². The highest BCUT2D eigenvalue weighted by Gasteiger charge is 2.11. The minimum atomic E-state index is 0.0265. The number of imidazole rings is 1. The van der Waals surface area contributed by atoms with Crippen molar-refractivity contribution in [2.45, 2.75) is 12.6 Å². The first-order valence-corrected chi connectivity index (χ1v) is 5.89. The van der Waals surface area contributed by atoms with Crippen molar-refractivity contribution in [3.8, 4) is 0 Å². The van der Waals surface area contributed by atoms with Crippen LogP contribution < -0.4 is 5.73 Å². The zero-order chi connectivity index (χ0) is 9.97. The molecule has 0 saturated carbocycles. The number of hydrogen-bond donors (Lipinski definition) is 1. The Hall–Kier alpha value is -0.650. The second-order valence-corrected chi connectivity index (χ2v) is 4.80. The Bertz CT molecular complexity index is 396. The second kappa shape index (κ2) is 4.25. The third-order valence-electron chi connectivity index (χ3n) is 1.95. The summed E-state index contributed by atoms with van der Waals surface area (Å²) >= 11 is 5.15. The molecule has 74 valence electrons. The maximum Gasteiger partial charge on any atom is 0.0946 e. The van der Waals surface area contributed by atoms with Gasteiger partial charge in [0.15, 0.2) is 0 Å². The summed E-state index contributed by atoms with van der Waals surface area (Å²) in [6.07, 6.45) is 5.46. The number of hydrogen-bond acceptors (Lipinski definition) is 3. The molecule has 0 radical (unpaired) electrons. The maximum atomic E-state index is 6.06. The zero-order valence-electron chi connectivity index (χ0n) is 7.43. The van der Waals surface area contributed by atoms with E-state index in [-0.39, 0.29) is 6.04 Å². The molecule has 2 N–H and O–H groups in total. The molecule has 14 heavy (non-hydrogen) atoms. The van der Waals surface area contributed by atoms with Crippen LogP contribution in [0.1, 0.15) is 10.9 Å². The van der Waals surface area contributed by atoms with E-state index in [1.165, 1.54) is 4.88 Å². The molecule has 2 heterocycles. The van der Waals surface area contributed by atoms with Gasteiger partial charge in [-0.3, -0.25) is 0 Å². The Morgan fingerprint density at radius 2 is 2.50 bits per heavy atom. The van der Waals surface area contributed by atoms with Crippen molar-refractivity contribution >= 4 is 27.3 Å². The second-order valence-electron chi connectivity index (χ2n) is 3.00. The summed E-state index contributed by atoms with van der Waals surface area (Å²) in [4.78, 5) is 5.16. The van der Waals surface area contributed by atoms with Crippen LogP contribution in [0.4, 0.5) is 0 Å². The van der Waals surface area contributed by atoms with Crippen molar-refractivity contribution in [3.05, 3.63) is 39.5 Å². The van der Waals surface area contributed by atoms with E-state index >= 15 is 0 Å². The van der Waals surface area contributed by atoms with Gasteiger partial charge in [-0.25, -0.2) is 4.98 Å². The molecule has 0 spiro atoms. The quantitative estimate of drug-likeness (QED) is 0.932. The SMILES string of the molecule is NC(Cn1ccnc1)c1sccc1Br. The number of nitrogens with two attached hydrogens (primary N) is 1. The van der Waals surface area contributed by atoms with Gasteiger partial charge in [0.2, 0.25) is 0 Å². The van der Waals surface area contributed by atoms with Crippen LogP contribution in [0.3, 0.4) is 0 Å². The molecule has 0 saturated heterocycles. The summed E-state index contributed by atoms with van der Waals surface area (Å²) < 4.78 is 3.08. The fourth-order valence-electron chi connectivity index (χ4n) is 1.27. The first-order valence-electron chi connectivity index (χ1n) is 4.21. The highest BCUT2D eigenvalue weighted by atomic mass is 79.9. The van der Waals surface area contributed by atoms with Crippen molar-refractivity contribution in [2.24, 2.45) is 5.73 Å². The highest BCUT2D eigenvalue weighted by Crippen LogP contribution is 2.28. The van der Waals surface area contributed by atoms with Crippen molar-refractivity contribution in [3.63, 3.8) is 0 Å². The molecule has 0 bridgehead atoms. The zero-order valence-corrected chi connectivity index (χ0v) is 9.83. The molecule has 5 heteroatoms. The van der Waals surface area contributed by atoms with Gasteiger partial charge in [0, 0.05) is 28.3 Å². The van der Waals surface area contributed by atoms with E-state index in [2.05, 4.69) is 20.9 Å². The van der Waals surface area contributed by atoms with Crippen molar-refractivity contribution < 1.29 is 0 Å². The van der Waals surface area contributed by atoms with Gasteiger partial charge >= 0.3 is 0 Å². The minimum Gasteiger partial charge on any atom is -0.336 e. The lowest BCUT2D eigenvalue weighted by Crippen LogP contribution is -2.15. The smallest absolute Gasteiger partial charge is 0.0946 e. The van der Waals surface area contributed by atoms with Gasteiger partial charge in [-0.05, 0) is 27.4 Å². The third-order valence-corrected chi connectivity index (χ3v) is 3.95. The van der Waals surface area contributed by atoms with Crippen LogP contribution in [0.2, 0.25) is 0 Å². The Kier molecular flexibility index (Phi) is 3.00. The molecule has 1 unspecified atom stereocenters. The van der Waals surface area contributed by atoms with E-state index in [9.17, 15) is 0 Å².